The van der Waals surface area contributed by atoms with Crippen LogP contribution < -0.4 is 10.2 Å². The van der Waals surface area contributed by atoms with E-state index < -0.39 is 0 Å². The first-order chi connectivity index (χ1) is 8.25. The summed E-state index contributed by atoms with van der Waals surface area (Å²) < 4.78 is 0. The van der Waals surface area contributed by atoms with Crippen LogP contribution in [0.1, 0.15) is 0 Å². The van der Waals surface area contributed by atoms with E-state index in [-0.39, 0.29) is 24.4 Å². The van der Waals surface area contributed by atoms with Crippen molar-refractivity contribution in [3.63, 3.8) is 0 Å². The zero-order chi connectivity index (χ0) is 11.8. The molecule has 1 amide bonds. The molecule has 1 N–H and O–H groups in total. The van der Waals surface area contributed by atoms with E-state index in [9.17, 15) is 4.79 Å². The molecule has 2 saturated heterocycles. The second-order valence-corrected chi connectivity index (χ2v) is 4.85. The van der Waals surface area contributed by atoms with Crippen molar-refractivity contribution in [3.8, 4) is 0 Å². The van der Waals surface area contributed by atoms with E-state index in [2.05, 4.69) is 10.2 Å². The number of hydrogen-bond acceptors (Lipinski definition) is 3. The van der Waals surface area contributed by atoms with Gasteiger partial charge in [-0.2, -0.15) is 0 Å². The van der Waals surface area contributed by atoms with Crippen LogP contribution in [0.2, 0.25) is 5.02 Å². The maximum Gasteiger partial charge on any atom is 0.246 e. The minimum absolute atomic E-state index is 0. The second kappa shape index (κ2) is 5.45. The second-order valence-electron chi connectivity index (χ2n) is 4.42. The Balaban J connectivity index is 0.00000120. The van der Waals surface area contributed by atoms with Crippen molar-refractivity contribution in [2.24, 2.45) is 0 Å². The molecule has 2 fully saturated rings. The zero-order valence-corrected chi connectivity index (χ0v) is 11.4. The number of piperazine rings is 1. The zero-order valence-electron chi connectivity index (χ0n) is 9.80. The molecule has 1 atom stereocenters. The Hall–Kier alpha value is -0.810. The molecule has 0 bridgehead atoms. The summed E-state index contributed by atoms with van der Waals surface area (Å²) >= 11 is 5.85. The summed E-state index contributed by atoms with van der Waals surface area (Å²) in [4.78, 5) is 16.3. The van der Waals surface area contributed by atoms with Crippen LogP contribution in [0.3, 0.4) is 0 Å². The van der Waals surface area contributed by atoms with Gasteiger partial charge < -0.3 is 5.32 Å². The van der Waals surface area contributed by atoms with Crippen molar-refractivity contribution in [2.45, 2.75) is 6.04 Å². The molecule has 4 nitrogen and oxygen atoms in total. The normalized spacial score (nSPS) is 23.7. The summed E-state index contributed by atoms with van der Waals surface area (Å²) in [6, 6.07) is 7.43. The number of nitrogens with one attached hydrogen (secondary N) is 1. The molecule has 0 spiro atoms. The number of carbonyl (C=O) groups excluding carboxylic acids is 1. The minimum atomic E-state index is -0.000530. The van der Waals surface area contributed by atoms with Crippen molar-refractivity contribution < 1.29 is 4.79 Å². The first-order valence-electron chi connectivity index (χ1n) is 5.77. The van der Waals surface area contributed by atoms with Gasteiger partial charge in [-0.05, 0) is 24.3 Å². The number of rotatable bonds is 1. The number of benzene rings is 1. The van der Waals surface area contributed by atoms with E-state index in [0.29, 0.717) is 11.7 Å². The highest BCUT2D eigenvalue weighted by atomic mass is 35.5. The van der Waals surface area contributed by atoms with E-state index in [1.165, 1.54) is 0 Å². The first kappa shape index (κ1) is 13.6. The van der Waals surface area contributed by atoms with E-state index >= 15 is 0 Å². The number of fused-ring (bicyclic) bond motifs is 1. The van der Waals surface area contributed by atoms with Crippen LogP contribution in [-0.2, 0) is 4.79 Å². The van der Waals surface area contributed by atoms with Crippen LogP contribution in [0.4, 0.5) is 5.69 Å². The lowest BCUT2D eigenvalue weighted by Gasteiger charge is -2.26. The van der Waals surface area contributed by atoms with Crippen molar-refractivity contribution >= 4 is 35.6 Å². The van der Waals surface area contributed by atoms with Crippen LogP contribution in [0.15, 0.2) is 24.3 Å². The molecule has 0 aromatic heterocycles. The van der Waals surface area contributed by atoms with E-state index in [0.717, 1.165) is 25.3 Å². The number of nitrogens with zero attached hydrogens (tertiary/aromatic N) is 2. The lowest BCUT2D eigenvalue weighted by atomic mass is 10.2. The molecule has 2 aliphatic heterocycles. The third-order valence-corrected chi connectivity index (χ3v) is 3.62. The van der Waals surface area contributed by atoms with Gasteiger partial charge in [0, 0.05) is 30.3 Å². The summed E-state index contributed by atoms with van der Waals surface area (Å²) in [5.74, 6) is 0.180. The molecule has 1 unspecified atom stereocenters. The predicted molar refractivity (Wildman–Crippen MR) is 74.4 cm³/mol. The fourth-order valence-electron chi connectivity index (χ4n) is 2.42. The Morgan fingerprint density at radius 2 is 2.00 bits per heavy atom. The van der Waals surface area contributed by atoms with Gasteiger partial charge in [-0.25, -0.2) is 0 Å². The number of carbonyl (C=O) groups is 1. The minimum Gasteiger partial charge on any atom is -0.313 e. The summed E-state index contributed by atoms with van der Waals surface area (Å²) in [6.07, 6.45) is 0. The van der Waals surface area contributed by atoms with Crippen molar-refractivity contribution in [1.29, 1.82) is 0 Å². The average Bonchev–Trinajstić information content (AvgIpc) is 2.69. The van der Waals surface area contributed by atoms with Gasteiger partial charge in [0.2, 0.25) is 5.91 Å². The van der Waals surface area contributed by atoms with Crippen molar-refractivity contribution in [2.75, 3.05) is 31.2 Å². The quantitative estimate of drug-likeness (QED) is 0.847. The highest BCUT2D eigenvalue weighted by Gasteiger charge is 2.39. The third-order valence-electron chi connectivity index (χ3n) is 3.37. The van der Waals surface area contributed by atoms with Crippen LogP contribution in [0, 0.1) is 0 Å². The number of anilines is 1. The maximum atomic E-state index is 12.2. The molecule has 2 aliphatic rings. The standard InChI is InChI=1S/C12H14ClN3O.ClH/c13-9-1-3-10(4-2-9)16-8-15-6-5-14-7-11(15)12(16)17;/h1-4,11,14H,5-8H2;1H. The highest BCUT2D eigenvalue weighted by Crippen LogP contribution is 2.25. The Kier molecular flexibility index (Phi) is 4.12. The van der Waals surface area contributed by atoms with Crippen LogP contribution in [0.5, 0.6) is 0 Å². The smallest absolute Gasteiger partial charge is 0.246 e. The molecule has 1 aromatic carbocycles. The maximum absolute atomic E-state index is 12.2. The van der Waals surface area contributed by atoms with E-state index in [1.54, 1.807) is 0 Å². The Morgan fingerprint density at radius 1 is 1.28 bits per heavy atom. The molecular formula is C12H15Cl2N3O. The highest BCUT2D eigenvalue weighted by molar-refractivity contribution is 6.30. The Morgan fingerprint density at radius 3 is 2.67 bits per heavy atom. The fraction of sp³-hybridized carbons (Fsp3) is 0.417. The largest absolute Gasteiger partial charge is 0.313 e. The Labute approximate surface area is 117 Å². The molecular weight excluding hydrogens is 273 g/mol. The van der Waals surface area contributed by atoms with E-state index in [1.807, 2.05) is 29.2 Å². The molecule has 2 heterocycles. The Bertz CT molecular complexity index is 437. The summed E-state index contributed by atoms with van der Waals surface area (Å²) in [5, 5.41) is 3.95. The molecule has 0 aliphatic carbocycles. The van der Waals surface area contributed by atoms with Crippen molar-refractivity contribution in [1.82, 2.24) is 10.2 Å². The topological polar surface area (TPSA) is 35.6 Å². The monoisotopic (exact) mass is 287 g/mol. The van der Waals surface area contributed by atoms with Gasteiger partial charge >= 0.3 is 0 Å². The summed E-state index contributed by atoms with van der Waals surface area (Å²) in [7, 11) is 0. The molecule has 18 heavy (non-hydrogen) atoms. The summed E-state index contributed by atoms with van der Waals surface area (Å²) in [6.45, 7) is 3.33. The SMILES string of the molecule is Cl.O=C1C2CNCCN2CN1c1ccc(Cl)cc1. The van der Waals surface area contributed by atoms with Crippen LogP contribution in [-0.4, -0.2) is 43.2 Å². The summed E-state index contributed by atoms with van der Waals surface area (Å²) in [5.41, 5.74) is 0.925. The molecule has 98 valence electrons. The lowest BCUT2D eigenvalue weighted by Crippen LogP contribution is -2.50. The molecule has 3 rings (SSSR count). The third kappa shape index (κ3) is 2.34. The number of halogens is 2. The van der Waals surface area contributed by atoms with Crippen LogP contribution >= 0.6 is 24.0 Å². The van der Waals surface area contributed by atoms with Gasteiger partial charge in [-0.3, -0.25) is 14.6 Å². The number of amides is 1. The molecule has 0 radical (unpaired) electrons. The average molecular weight is 288 g/mol. The van der Waals surface area contributed by atoms with Gasteiger partial charge in [0.15, 0.2) is 0 Å². The van der Waals surface area contributed by atoms with Gasteiger partial charge in [-0.15, -0.1) is 12.4 Å². The first-order valence-corrected chi connectivity index (χ1v) is 6.15. The van der Waals surface area contributed by atoms with E-state index in [4.69, 9.17) is 11.6 Å². The van der Waals surface area contributed by atoms with Crippen LogP contribution in [0.25, 0.3) is 0 Å². The van der Waals surface area contributed by atoms with Gasteiger partial charge in [0.25, 0.3) is 0 Å². The number of hydrogen-bond donors (Lipinski definition) is 1. The molecule has 0 saturated carbocycles. The predicted octanol–water partition coefficient (Wildman–Crippen LogP) is 1.34. The fourth-order valence-corrected chi connectivity index (χ4v) is 2.55. The molecule has 6 heteroatoms. The van der Waals surface area contributed by atoms with Gasteiger partial charge in [0.05, 0.1) is 6.67 Å². The van der Waals surface area contributed by atoms with Gasteiger partial charge in [-0.1, -0.05) is 11.6 Å². The van der Waals surface area contributed by atoms with Gasteiger partial charge in [0.1, 0.15) is 6.04 Å². The lowest BCUT2D eigenvalue weighted by molar-refractivity contribution is -0.119. The van der Waals surface area contributed by atoms with Crippen molar-refractivity contribution in [3.05, 3.63) is 29.3 Å². The molecule has 1 aromatic rings.